The standard InChI is InChI=1S/C33H39FN4O4/c1-24-21-36(22-25-6-2-10-29(34)18-25)15-17-38(24)32(27-8-4-11-30(39)20-27)26-7-3-9-28(19-26)33(42)37-13-5-12-35(14-16-37)23-31(40)41/h2-4,6-11,18-20,24,32,39H,5,12-17,21-23H2,1H3,(H,40,41). The number of carboxylic acids is 1. The third-order valence-electron chi connectivity index (χ3n) is 8.26. The van der Waals surface area contributed by atoms with Crippen molar-refractivity contribution in [1.82, 2.24) is 19.6 Å². The van der Waals surface area contributed by atoms with Crippen molar-refractivity contribution in [2.75, 3.05) is 52.4 Å². The van der Waals surface area contributed by atoms with Crippen molar-refractivity contribution < 1.29 is 24.2 Å². The molecule has 2 N–H and O–H groups in total. The Kier molecular flexibility index (Phi) is 9.51. The van der Waals surface area contributed by atoms with Crippen LogP contribution in [0.15, 0.2) is 72.8 Å². The Morgan fingerprint density at radius 2 is 1.62 bits per heavy atom. The van der Waals surface area contributed by atoms with Gasteiger partial charge in [-0.1, -0.05) is 36.4 Å². The van der Waals surface area contributed by atoms with Gasteiger partial charge in [-0.15, -0.1) is 0 Å². The molecular formula is C33H39FN4O4. The number of aromatic hydroxyl groups is 1. The van der Waals surface area contributed by atoms with Crippen LogP contribution in [-0.4, -0.2) is 100 Å². The molecule has 5 rings (SSSR count). The van der Waals surface area contributed by atoms with Crippen LogP contribution in [0.2, 0.25) is 0 Å². The van der Waals surface area contributed by atoms with E-state index in [2.05, 4.69) is 16.7 Å². The number of halogens is 1. The molecule has 2 heterocycles. The Bertz CT molecular complexity index is 1400. The molecule has 2 fully saturated rings. The van der Waals surface area contributed by atoms with Crippen LogP contribution in [0.1, 0.15) is 46.4 Å². The van der Waals surface area contributed by atoms with Gasteiger partial charge in [-0.2, -0.15) is 0 Å². The van der Waals surface area contributed by atoms with Crippen molar-refractivity contribution in [3.05, 3.63) is 101 Å². The second-order valence-electron chi connectivity index (χ2n) is 11.4. The maximum atomic E-state index is 13.8. The zero-order chi connectivity index (χ0) is 29.6. The first-order valence-corrected chi connectivity index (χ1v) is 14.6. The van der Waals surface area contributed by atoms with Crippen LogP contribution in [0.3, 0.4) is 0 Å². The summed E-state index contributed by atoms with van der Waals surface area (Å²) in [6, 6.07) is 21.8. The van der Waals surface area contributed by atoms with Crippen LogP contribution < -0.4 is 0 Å². The lowest BCUT2D eigenvalue weighted by atomic mass is 9.93. The number of aliphatic carboxylic acids is 1. The van der Waals surface area contributed by atoms with E-state index in [1.165, 1.54) is 6.07 Å². The van der Waals surface area contributed by atoms with Crippen LogP contribution in [-0.2, 0) is 11.3 Å². The highest BCUT2D eigenvalue weighted by atomic mass is 19.1. The average Bonchev–Trinajstić information content (AvgIpc) is 3.19. The largest absolute Gasteiger partial charge is 0.508 e. The SMILES string of the molecule is CC1CN(Cc2cccc(F)c2)CCN1C(c1cccc(O)c1)c1cccc(C(=O)N2CCCN(CC(=O)O)CC2)c1. The van der Waals surface area contributed by atoms with E-state index >= 15 is 0 Å². The van der Waals surface area contributed by atoms with Crippen LogP contribution >= 0.6 is 0 Å². The number of carbonyl (C=O) groups excluding carboxylic acids is 1. The number of phenolic OH excluding ortho intramolecular Hbond substituents is 1. The quantitative estimate of drug-likeness (QED) is 0.420. The number of rotatable bonds is 8. The molecule has 3 aromatic rings. The van der Waals surface area contributed by atoms with Gasteiger partial charge in [-0.25, -0.2) is 4.39 Å². The molecule has 222 valence electrons. The molecule has 42 heavy (non-hydrogen) atoms. The Balaban J connectivity index is 1.36. The first kappa shape index (κ1) is 29.7. The number of carboxylic acid groups (broad SMARTS) is 1. The molecule has 2 aliphatic rings. The average molecular weight is 575 g/mol. The van der Waals surface area contributed by atoms with Crippen LogP contribution in [0.4, 0.5) is 4.39 Å². The number of nitrogens with zero attached hydrogens (tertiary/aromatic N) is 4. The Morgan fingerprint density at radius 3 is 2.36 bits per heavy atom. The van der Waals surface area contributed by atoms with E-state index < -0.39 is 5.97 Å². The lowest BCUT2D eigenvalue weighted by Crippen LogP contribution is -2.52. The van der Waals surface area contributed by atoms with E-state index in [4.69, 9.17) is 5.11 Å². The van der Waals surface area contributed by atoms with Crippen molar-refractivity contribution in [2.45, 2.75) is 32.0 Å². The summed E-state index contributed by atoms with van der Waals surface area (Å²) >= 11 is 0. The van der Waals surface area contributed by atoms with E-state index in [1.54, 1.807) is 24.3 Å². The number of hydrogen-bond donors (Lipinski definition) is 2. The minimum Gasteiger partial charge on any atom is -0.508 e. The van der Waals surface area contributed by atoms with E-state index in [-0.39, 0.29) is 36.1 Å². The van der Waals surface area contributed by atoms with Gasteiger partial charge in [0.1, 0.15) is 11.6 Å². The van der Waals surface area contributed by atoms with E-state index in [0.29, 0.717) is 38.3 Å². The van der Waals surface area contributed by atoms with E-state index in [9.17, 15) is 19.1 Å². The van der Waals surface area contributed by atoms with Crippen molar-refractivity contribution in [3.8, 4) is 5.75 Å². The summed E-state index contributed by atoms with van der Waals surface area (Å²) in [6.45, 7) is 7.45. The molecule has 0 radical (unpaired) electrons. The van der Waals surface area contributed by atoms with Gasteiger partial charge in [0.15, 0.2) is 0 Å². The van der Waals surface area contributed by atoms with Gasteiger partial charge in [0.25, 0.3) is 5.91 Å². The highest BCUT2D eigenvalue weighted by Gasteiger charge is 2.32. The van der Waals surface area contributed by atoms with Crippen molar-refractivity contribution in [3.63, 3.8) is 0 Å². The van der Waals surface area contributed by atoms with Gasteiger partial charge in [0.05, 0.1) is 12.6 Å². The molecule has 2 aliphatic heterocycles. The number of carbonyl (C=O) groups is 2. The minimum atomic E-state index is -0.857. The summed E-state index contributed by atoms with van der Waals surface area (Å²) in [5, 5.41) is 19.5. The highest BCUT2D eigenvalue weighted by Crippen LogP contribution is 2.34. The molecule has 2 unspecified atom stereocenters. The fourth-order valence-corrected chi connectivity index (χ4v) is 6.29. The summed E-state index contributed by atoms with van der Waals surface area (Å²) in [5.74, 6) is -0.950. The fourth-order valence-electron chi connectivity index (χ4n) is 6.29. The minimum absolute atomic E-state index is 0.0171. The zero-order valence-electron chi connectivity index (χ0n) is 24.0. The van der Waals surface area contributed by atoms with E-state index in [1.807, 2.05) is 52.3 Å². The number of amides is 1. The normalized spacial score (nSPS) is 19.8. The number of benzene rings is 3. The van der Waals surface area contributed by atoms with Gasteiger partial charge >= 0.3 is 5.97 Å². The summed E-state index contributed by atoms with van der Waals surface area (Å²) in [7, 11) is 0. The molecule has 0 spiro atoms. The lowest BCUT2D eigenvalue weighted by molar-refractivity contribution is -0.138. The third-order valence-corrected chi connectivity index (χ3v) is 8.26. The predicted molar refractivity (Wildman–Crippen MR) is 159 cm³/mol. The lowest BCUT2D eigenvalue weighted by Gasteiger charge is -2.44. The molecule has 2 atom stereocenters. The van der Waals surface area contributed by atoms with Crippen LogP contribution in [0.5, 0.6) is 5.75 Å². The van der Waals surface area contributed by atoms with Crippen LogP contribution in [0.25, 0.3) is 0 Å². The molecule has 8 nitrogen and oxygen atoms in total. The maximum Gasteiger partial charge on any atom is 0.317 e. The van der Waals surface area contributed by atoms with Crippen LogP contribution in [0, 0.1) is 5.82 Å². The van der Waals surface area contributed by atoms with Gasteiger partial charge < -0.3 is 15.1 Å². The molecule has 0 aromatic heterocycles. The molecule has 0 saturated carbocycles. The van der Waals surface area contributed by atoms with Gasteiger partial charge in [-0.3, -0.25) is 24.3 Å². The molecule has 0 bridgehead atoms. The number of hydrogen-bond acceptors (Lipinski definition) is 6. The van der Waals surface area contributed by atoms with E-state index in [0.717, 1.165) is 42.7 Å². The summed E-state index contributed by atoms with van der Waals surface area (Å²) in [5.41, 5.74) is 3.47. The van der Waals surface area contributed by atoms with Gasteiger partial charge in [0, 0.05) is 64.0 Å². The first-order valence-electron chi connectivity index (χ1n) is 14.6. The molecule has 1 amide bonds. The highest BCUT2D eigenvalue weighted by molar-refractivity contribution is 5.94. The second-order valence-corrected chi connectivity index (χ2v) is 11.4. The molecule has 9 heteroatoms. The monoisotopic (exact) mass is 574 g/mol. The molecule has 3 aromatic carbocycles. The van der Waals surface area contributed by atoms with Gasteiger partial charge in [-0.05, 0) is 66.4 Å². The summed E-state index contributed by atoms with van der Waals surface area (Å²) in [4.78, 5) is 33.2. The zero-order valence-corrected chi connectivity index (χ0v) is 24.0. The van der Waals surface area contributed by atoms with Gasteiger partial charge in [0.2, 0.25) is 0 Å². The first-order chi connectivity index (χ1) is 20.3. The molecule has 0 aliphatic carbocycles. The second kappa shape index (κ2) is 13.5. The third kappa shape index (κ3) is 7.34. The van der Waals surface area contributed by atoms with Crippen molar-refractivity contribution >= 4 is 11.9 Å². The number of phenols is 1. The Labute approximate surface area is 246 Å². The number of piperazine rings is 1. The van der Waals surface area contributed by atoms with Crippen molar-refractivity contribution in [1.29, 1.82) is 0 Å². The smallest absolute Gasteiger partial charge is 0.317 e. The summed E-state index contributed by atoms with van der Waals surface area (Å²) in [6.07, 6.45) is 0.724. The molecule has 2 saturated heterocycles. The Hall–Kier alpha value is -3.79. The summed E-state index contributed by atoms with van der Waals surface area (Å²) < 4.78 is 13.8. The fraction of sp³-hybridized carbons (Fsp3) is 0.394. The Morgan fingerprint density at radius 1 is 0.881 bits per heavy atom. The maximum absolute atomic E-state index is 13.8. The topological polar surface area (TPSA) is 87.6 Å². The van der Waals surface area contributed by atoms with Crippen molar-refractivity contribution in [2.24, 2.45) is 0 Å². The predicted octanol–water partition coefficient (Wildman–Crippen LogP) is 4.06. The molecular weight excluding hydrogens is 535 g/mol.